The maximum Gasteiger partial charge on any atom is 0.254 e. The molecule has 4 fully saturated rings. The van der Waals surface area contributed by atoms with Crippen molar-refractivity contribution in [2.75, 3.05) is 39.9 Å². The van der Waals surface area contributed by atoms with Crippen molar-refractivity contribution < 1.29 is 14.3 Å². The molecule has 0 aromatic heterocycles. The molecule has 0 radical (unpaired) electrons. The first kappa shape index (κ1) is 19.3. The number of nitrogens with one attached hydrogen (secondary N) is 2. The van der Waals surface area contributed by atoms with Gasteiger partial charge in [-0.05, 0) is 81.3 Å². The molecule has 4 atom stereocenters. The molecule has 4 aliphatic heterocycles. The molecule has 6 nitrogen and oxygen atoms in total. The minimum Gasteiger partial charge on any atom is -0.496 e. The number of hydrogen-bond acceptors (Lipinski definition) is 5. The number of ether oxygens (including phenoxy) is 2. The van der Waals surface area contributed by atoms with Crippen LogP contribution >= 0.6 is 0 Å². The number of rotatable bonds is 4. The van der Waals surface area contributed by atoms with Gasteiger partial charge in [0, 0.05) is 24.2 Å². The first-order valence-corrected chi connectivity index (χ1v) is 11.2. The summed E-state index contributed by atoms with van der Waals surface area (Å²) in [7, 11) is 1.71. The molecule has 158 valence electrons. The summed E-state index contributed by atoms with van der Waals surface area (Å²) in [6.07, 6.45) is 6.66. The first-order chi connectivity index (χ1) is 14.1. The van der Waals surface area contributed by atoms with Crippen LogP contribution in [0.4, 0.5) is 0 Å². The molecule has 2 bridgehead atoms. The molecule has 4 aliphatic rings. The Hall–Kier alpha value is -1.63. The van der Waals surface area contributed by atoms with Gasteiger partial charge in [-0.25, -0.2) is 0 Å². The van der Waals surface area contributed by atoms with Crippen LogP contribution in [0.25, 0.3) is 0 Å². The van der Waals surface area contributed by atoms with E-state index >= 15 is 0 Å². The number of fused-ring (bicyclic) bond motifs is 2. The SMILES string of the molecule is COc1ccc(C(=O)N2CCOC3(C[C@H]4CC[C@@H](C3)N4)C2)cc1CC1CCNC1. The molecule has 29 heavy (non-hydrogen) atoms. The monoisotopic (exact) mass is 399 g/mol. The van der Waals surface area contributed by atoms with E-state index in [0.717, 1.165) is 49.2 Å². The number of nitrogens with zero attached hydrogens (tertiary/aromatic N) is 1. The highest BCUT2D eigenvalue weighted by molar-refractivity contribution is 5.94. The molecule has 5 rings (SSSR count). The summed E-state index contributed by atoms with van der Waals surface area (Å²) in [4.78, 5) is 15.4. The van der Waals surface area contributed by atoms with Gasteiger partial charge in [0.1, 0.15) is 5.75 Å². The van der Waals surface area contributed by atoms with Gasteiger partial charge in [-0.2, -0.15) is 0 Å². The van der Waals surface area contributed by atoms with Gasteiger partial charge < -0.3 is 25.0 Å². The van der Waals surface area contributed by atoms with E-state index in [0.29, 0.717) is 37.7 Å². The van der Waals surface area contributed by atoms with Crippen LogP contribution in [-0.4, -0.2) is 68.4 Å². The smallest absolute Gasteiger partial charge is 0.254 e. The predicted octanol–water partition coefficient (Wildman–Crippen LogP) is 1.97. The maximum absolute atomic E-state index is 13.4. The number of piperidine rings is 1. The van der Waals surface area contributed by atoms with Gasteiger partial charge in [-0.1, -0.05) is 0 Å². The standard InChI is InChI=1S/C23H33N3O3/c1-28-21-5-2-17(11-18(21)10-16-6-7-24-14-16)22(27)26-8-9-29-23(15-26)12-19-3-4-20(13-23)25-19/h2,5,11,16,19-20,24-25H,3-4,6-10,12-15H2,1H3/t16?,19-,20+,23?. The van der Waals surface area contributed by atoms with Crippen LogP contribution in [0, 0.1) is 5.92 Å². The van der Waals surface area contributed by atoms with E-state index in [4.69, 9.17) is 9.47 Å². The van der Waals surface area contributed by atoms with Gasteiger partial charge in [0.25, 0.3) is 5.91 Å². The summed E-state index contributed by atoms with van der Waals surface area (Å²) in [5, 5.41) is 7.12. The quantitative estimate of drug-likeness (QED) is 0.811. The number of methoxy groups -OCH3 is 1. The molecule has 2 unspecified atom stereocenters. The van der Waals surface area contributed by atoms with Gasteiger partial charge in [0.15, 0.2) is 0 Å². The predicted molar refractivity (Wildman–Crippen MR) is 111 cm³/mol. The molecule has 4 saturated heterocycles. The van der Waals surface area contributed by atoms with Gasteiger partial charge >= 0.3 is 0 Å². The molecule has 6 heteroatoms. The fraction of sp³-hybridized carbons (Fsp3) is 0.696. The zero-order chi connectivity index (χ0) is 19.8. The highest BCUT2D eigenvalue weighted by atomic mass is 16.5. The second-order valence-corrected chi connectivity index (χ2v) is 9.39. The highest BCUT2D eigenvalue weighted by Crippen LogP contribution is 2.39. The van der Waals surface area contributed by atoms with E-state index in [-0.39, 0.29) is 11.5 Å². The van der Waals surface area contributed by atoms with E-state index in [1.165, 1.54) is 19.3 Å². The Labute approximate surface area is 173 Å². The summed E-state index contributed by atoms with van der Waals surface area (Å²) >= 11 is 0. The van der Waals surface area contributed by atoms with Gasteiger partial charge in [0.05, 0.1) is 25.9 Å². The van der Waals surface area contributed by atoms with Crippen molar-refractivity contribution in [1.29, 1.82) is 0 Å². The van der Waals surface area contributed by atoms with Crippen LogP contribution in [0.1, 0.15) is 48.0 Å². The fourth-order valence-electron chi connectivity index (χ4n) is 5.92. The zero-order valence-electron chi connectivity index (χ0n) is 17.4. The van der Waals surface area contributed by atoms with Crippen molar-refractivity contribution in [3.63, 3.8) is 0 Å². The molecule has 2 N–H and O–H groups in total. The number of amides is 1. The third kappa shape index (κ3) is 3.90. The van der Waals surface area contributed by atoms with E-state index in [9.17, 15) is 4.79 Å². The van der Waals surface area contributed by atoms with Crippen molar-refractivity contribution in [2.45, 2.75) is 56.2 Å². The van der Waals surface area contributed by atoms with Gasteiger partial charge in [-0.3, -0.25) is 4.79 Å². The van der Waals surface area contributed by atoms with Crippen LogP contribution in [0.2, 0.25) is 0 Å². The molecule has 1 spiro atoms. The van der Waals surface area contributed by atoms with E-state index < -0.39 is 0 Å². The highest BCUT2D eigenvalue weighted by Gasteiger charge is 2.47. The average Bonchev–Trinajstić information content (AvgIpc) is 3.37. The average molecular weight is 400 g/mol. The summed E-state index contributed by atoms with van der Waals surface area (Å²) < 4.78 is 11.9. The second kappa shape index (κ2) is 7.89. The van der Waals surface area contributed by atoms with E-state index in [1.807, 2.05) is 17.0 Å². The normalized spacial score (nSPS) is 34.0. The van der Waals surface area contributed by atoms with Gasteiger partial charge in [0.2, 0.25) is 0 Å². The number of carbonyl (C=O) groups excluding carboxylic acids is 1. The van der Waals surface area contributed by atoms with Gasteiger partial charge in [-0.15, -0.1) is 0 Å². The molecule has 1 aromatic carbocycles. The number of morpholine rings is 1. The molecule has 1 amide bonds. The van der Waals surface area contributed by atoms with E-state index in [2.05, 4.69) is 16.7 Å². The largest absolute Gasteiger partial charge is 0.496 e. The van der Waals surface area contributed by atoms with Crippen molar-refractivity contribution in [1.82, 2.24) is 15.5 Å². The summed E-state index contributed by atoms with van der Waals surface area (Å²) in [6, 6.07) is 7.05. The van der Waals surface area contributed by atoms with Crippen molar-refractivity contribution >= 4 is 5.91 Å². The van der Waals surface area contributed by atoms with Crippen LogP contribution in [0.5, 0.6) is 5.75 Å². The fourth-order valence-corrected chi connectivity index (χ4v) is 5.92. The number of hydrogen-bond donors (Lipinski definition) is 2. The molecular weight excluding hydrogens is 366 g/mol. The number of benzene rings is 1. The lowest BCUT2D eigenvalue weighted by Crippen LogP contribution is -2.60. The van der Waals surface area contributed by atoms with Crippen LogP contribution < -0.4 is 15.4 Å². The molecular formula is C23H33N3O3. The summed E-state index contributed by atoms with van der Waals surface area (Å²) in [5.74, 6) is 1.64. The molecule has 1 aromatic rings. The van der Waals surface area contributed by atoms with Crippen LogP contribution in [0.3, 0.4) is 0 Å². The lowest BCUT2D eigenvalue weighted by atomic mass is 9.85. The Morgan fingerprint density at radius 3 is 2.83 bits per heavy atom. The summed E-state index contributed by atoms with van der Waals surface area (Å²) in [6.45, 7) is 4.16. The van der Waals surface area contributed by atoms with Crippen molar-refractivity contribution in [2.24, 2.45) is 5.92 Å². The molecule has 4 heterocycles. The van der Waals surface area contributed by atoms with Crippen LogP contribution in [-0.2, 0) is 11.2 Å². The minimum absolute atomic E-state index is 0.131. The molecule has 0 aliphatic carbocycles. The molecule has 0 saturated carbocycles. The Balaban J connectivity index is 1.33. The Morgan fingerprint density at radius 1 is 1.28 bits per heavy atom. The Kier molecular flexibility index (Phi) is 5.26. The van der Waals surface area contributed by atoms with Crippen LogP contribution in [0.15, 0.2) is 18.2 Å². The van der Waals surface area contributed by atoms with Crippen molar-refractivity contribution in [3.05, 3.63) is 29.3 Å². The van der Waals surface area contributed by atoms with E-state index in [1.54, 1.807) is 7.11 Å². The lowest BCUT2D eigenvalue weighted by molar-refractivity contribution is -0.122. The zero-order valence-corrected chi connectivity index (χ0v) is 17.4. The Morgan fingerprint density at radius 2 is 2.10 bits per heavy atom. The second-order valence-electron chi connectivity index (χ2n) is 9.39. The lowest BCUT2D eigenvalue weighted by Gasteiger charge is -2.47. The Bertz CT molecular complexity index is 750. The van der Waals surface area contributed by atoms with Crippen molar-refractivity contribution in [3.8, 4) is 5.75 Å². The minimum atomic E-state index is -0.157. The number of carbonyl (C=O) groups is 1. The maximum atomic E-state index is 13.4. The third-order valence-corrected chi connectivity index (χ3v) is 7.31. The topological polar surface area (TPSA) is 62.8 Å². The summed E-state index contributed by atoms with van der Waals surface area (Å²) in [5.41, 5.74) is 1.77. The third-order valence-electron chi connectivity index (χ3n) is 7.31. The first-order valence-electron chi connectivity index (χ1n) is 11.2.